The van der Waals surface area contributed by atoms with Gasteiger partial charge in [0.1, 0.15) is 5.56 Å². The number of benzene rings is 1. The summed E-state index contributed by atoms with van der Waals surface area (Å²) in [7, 11) is -3.42. The molecule has 1 aromatic heterocycles. The number of carboxylic acids is 1. The van der Waals surface area contributed by atoms with Gasteiger partial charge >= 0.3 is 12.1 Å². The molecule has 1 aliphatic carbocycles. The van der Waals surface area contributed by atoms with Gasteiger partial charge < -0.3 is 5.11 Å². The van der Waals surface area contributed by atoms with Crippen LogP contribution >= 0.6 is 0 Å². The van der Waals surface area contributed by atoms with Crippen molar-refractivity contribution in [2.24, 2.45) is 0 Å². The van der Waals surface area contributed by atoms with E-state index in [1.54, 1.807) is 26.8 Å². The van der Waals surface area contributed by atoms with Crippen LogP contribution in [-0.4, -0.2) is 40.6 Å². The summed E-state index contributed by atoms with van der Waals surface area (Å²) < 4.78 is 67.9. The lowest BCUT2D eigenvalue weighted by Gasteiger charge is -2.14. The van der Waals surface area contributed by atoms with Gasteiger partial charge in [-0.1, -0.05) is 25.1 Å². The number of fused-ring (bicyclic) bond motifs is 1. The third-order valence-electron chi connectivity index (χ3n) is 5.36. The van der Waals surface area contributed by atoms with Crippen molar-refractivity contribution in [2.75, 3.05) is 0 Å². The highest BCUT2D eigenvalue weighted by Gasteiger charge is 2.41. The van der Waals surface area contributed by atoms with Gasteiger partial charge in [0.15, 0.2) is 5.69 Å². The number of sulfonamides is 1. The van der Waals surface area contributed by atoms with Gasteiger partial charge in [0.25, 0.3) is 0 Å². The van der Waals surface area contributed by atoms with Crippen LogP contribution < -0.4 is 4.72 Å². The molecule has 7 nitrogen and oxygen atoms in total. The van der Waals surface area contributed by atoms with Crippen molar-refractivity contribution in [3.63, 3.8) is 0 Å². The maximum atomic E-state index is 13.3. The zero-order chi connectivity index (χ0) is 23.1. The van der Waals surface area contributed by atoms with Gasteiger partial charge in [-0.2, -0.15) is 18.3 Å². The molecule has 3 rings (SSSR count). The van der Waals surface area contributed by atoms with E-state index in [1.807, 2.05) is 12.1 Å². The van der Waals surface area contributed by atoms with E-state index in [9.17, 15) is 31.5 Å². The number of rotatable bonds is 7. The number of alkyl halides is 3. The predicted molar refractivity (Wildman–Crippen MR) is 107 cm³/mol. The second-order valence-electron chi connectivity index (χ2n) is 7.90. The summed E-state index contributed by atoms with van der Waals surface area (Å²) in [5.74, 6) is -1.66. The lowest BCUT2D eigenvalue weighted by atomic mass is 10.1. The Morgan fingerprint density at radius 2 is 1.94 bits per heavy atom. The van der Waals surface area contributed by atoms with Gasteiger partial charge in [0, 0.05) is 6.04 Å². The minimum Gasteiger partial charge on any atom is -0.478 e. The van der Waals surface area contributed by atoms with Crippen molar-refractivity contribution >= 4 is 16.0 Å². The molecule has 0 radical (unpaired) electrons. The largest absolute Gasteiger partial charge is 0.478 e. The molecule has 0 amide bonds. The van der Waals surface area contributed by atoms with Crippen LogP contribution in [0.3, 0.4) is 0 Å². The monoisotopic (exact) mass is 459 g/mol. The average Bonchev–Trinajstić information content (AvgIpc) is 3.20. The molecule has 0 spiro atoms. The van der Waals surface area contributed by atoms with E-state index >= 15 is 0 Å². The summed E-state index contributed by atoms with van der Waals surface area (Å²) in [5, 5.41) is 12.3. The molecule has 11 heteroatoms. The lowest BCUT2D eigenvalue weighted by Crippen LogP contribution is -2.39. The summed E-state index contributed by atoms with van der Waals surface area (Å²) in [6.45, 7) is 4.75. The Hall–Kier alpha value is -2.40. The number of halogens is 3. The predicted octanol–water partition coefficient (Wildman–Crippen LogP) is 3.01. The molecule has 2 N–H and O–H groups in total. The number of aromatic carboxylic acids is 1. The normalized spacial score (nSPS) is 16.7. The number of nitrogens with zero attached hydrogens (tertiary/aromatic N) is 2. The molecule has 1 aromatic carbocycles. The van der Waals surface area contributed by atoms with E-state index in [1.165, 1.54) is 0 Å². The Labute approximate surface area is 178 Å². The third kappa shape index (κ3) is 4.77. The summed E-state index contributed by atoms with van der Waals surface area (Å²) in [4.78, 5) is 11.5. The zero-order valence-electron chi connectivity index (χ0n) is 17.3. The van der Waals surface area contributed by atoms with Gasteiger partial charge in [-0.3, -0.25) is 4.68 Å². The molecule has 1 heterocycles. The van der Waals surface area contributed by atoms with Crippen LogP contribution in [0.15, 0.2) is 18.2 Å². The second kappa shape index (κ2) is 8.27. The van der Waals surface area contributed by atoms with Gasteiger partial charge in [-0.05, 0) is 49.8 Å². The first kappa shape index (κ1) is 23.3. The van der Waals surface area contributed by atoms with Crippen molar-refractivity contribution in [3.8, 4) is 0 Å². The molecule has 1 aliphatic rings. The van der Waals surface area contributed by atoms with Crippen molar-refractivity contribution in [2.45, 2.75) is 64.0 Å². The fourth-order valence-electron chi connectivity index (χ4n) is 3.80. The molecule has 2 aromatic rings. The van der Waals surface area contributed by atoms with Crippen LogP contribution in [-0.2, 0) is 42.0 Å². The maximum Gasteiger partial charge on any atom is 0.436 e. The van der Waals surface area contributed by atoms with Gasteiger partial charge in [-0.15, -0.1) is 0 Å². The van der Waals surface area contributed by atoms with Crippen LogP contribution in [0.25, 0.3) is 0 Å². The van der Waals surface area contributed by atoms with Crippen molar-refractivity contribution in [3.05, 3.63) is 51.8 Å². The topological polar surface area (TPSA) is 101 Å². The van der Waals surface area contributed by atoms with Gasteiger partial charge in [-0.25, -0.2) is 17.9 Å². The Bertz CT molecular complexity index is 1110. The van der Waals surface area contributed by atoms with Gasteiger partial charge in [0.05, 0.1) is 17.5 Å². The fraction of sp³-hybridized carbons (Fsp3) is 0.500. The van der Waals surface area contributed by atoms with E-state index in [-0.39, 0.29) is 24.7 Å². The lowest BCUT2D eigenvalue weighted by molar-refractivity contribution is -0.142. The summed E-state index contributed by atoms with van der Waals surface area (Å²) in [6.07, 6.45) is -3.79. The number of hydrogen-bond donors (Lipinski definition) is 2. The Morgan fingerprint density at radius 1 is 1.29 bits per heavy atom. The molecule has 0 saturated heterocycles. The third-order valence-corrected chi connectivity index (χ3v) is 7.27. The smallest absolute Gasteiger partial charge is 0.436 e. The highest BCUT2D eigenvalue weighted by molar-refractivity contribution is 7.90. The second-order valence-corrected chi connectivity index (χ2v) is 10.2. The van der Waals surface area contributed by atoms with Crippen molar-refractivity contribution in [1.82, 2.24) is 14.5 Å². The highest BCUT2D eigenvalue weighted by Crippen LogP contribution is 2.33. The molecule has 1 unspecified atom stereocenters. The van der Waals surface area contributed by atoms with Crippen LogP contribution in [0.4, 0.5) is 13.2 Å². The number of carbonyl (C=O) groups is 1. The number of hydrogen-bond acceptors (Lipinski definition) is 4. The Kier molecular flexibility index (Phi) is 6.21. The molecule has 31 heavy (non-hydrogen) atoms. The molecular weight excluding hydrogens is 435 g/mol. The molecule has 170 valence electrons. The van der Waals surface area contributed by atoms with Crippen molar-refractivity contribution < 1.29 is 31.5 Å². The van der Waals surface area contributed by atoms with E-state index in [0.29, 0.717) is 18.4 Å². The van der Waals surface area contributed by atoms with E-state index in [2.05, 4.69) is 9.82 Å². The van der Waals surface area contributed by atoms with E-state index in [0.717, 1.165) is 15.8 Å². The number of carboxylic acid groups (broad SMARTS) is 1. The molecule has 1 atom stereocenters. The van der Waals surface area contributed by atoms with E-state index in [4.69, 9.17) is 0 Å². The minimum atomic E-state index is -4.87. The summed E-state index contributed by atoms with van der Waals surface area (Å²) in [5.41, 5.74) is 0.324. The minimum absolute atomic E-state index is 0.00268. The molecule has 0 bridgehead atoms. The molecule has 0 fully saturated rings. The Morgan fingerprint density at radius 3 is 2.48 bits per heavy atom. The molecule has 0 saturated carbocycles. The summed E-state index contributed by atoms with van der Waals surface area (Å²) in [6, 6.07) is 5.11. The molecular formula is C20H24F3N3O4S. The summed E-state index contributed by atoms with van der Waals surface area (Å²) >= 11 is 0. The first-order chi connectivity index (χ1) is 14.3. The first-order valence-electron chi connectivity index (χ1n) is 9.85. The van der Waals surface area contributed by atoms with Crippen LogP contribution in [0, 0.1) is 0 Å². The van der Waals surface area contributed by atoms with Crippen molar-refractivity contribution in [1.29, 1.82) is 0 Å². The zero-order valence-corrected chi connectivity index (χ0v) is 18.1. The van der Waals surface area contributed by atoms with Gasteiger partial charge in [0.2, 0.25) is 10.0 Å². The highest BCUT2D eigenvalue weighted by atomic mass is 32.2. The Balaban J connectivity index is 1.87. The SMILES string of the molecule is CCc1c(C(=O)O)c(C(F)(F)F)nn1Cc1ccc2c(c1)CC(NS(=O)(=O)C(C)C)C2. The van der Waals surface area contributed by atoms with Crippen LogP contribution in [0.2, 0.25) is 0 Å². The number of aromatic nitrogens is 2. The van der Waals surface area contributed by atoms with Crippen LogP contribution in [0.1, 0.15) is 59.2 Å². The standard InChI is InChI=1S/C20H24F3N3O4S/c1-4-16-17(19(27)28)18(20(21,22)23)24-26(16)10-12-5-6-13-8-15(9-14(13)7-12)25-31(29,30)11(2)3/h5-7,11,15,25H,4,8-10H2,1-3H3,(H,27,28). The quantitative estimate of drug-likeness (QED) is 0.663. The number of nitrogens with one attached hydrogen (secondary N) is 1. The average molecular weight is 459 g/mol. The van der Waals surface area contributed by atoms with E-state index < -0.39 is 38.7 Å². The fourth-order valence-corrected chi connectivity index (χ4v) is 4.71. The van der Waals surface area contributed by atoms with Crippen LogP contribution in [0.5, 0.6) is 0 Å². The first-order valence-corrected chi connectivity index (χ1v) is 11.4. The molecule has 0 aliphatic heterocycles. The maximum absolute atomic E-state index is 13.3.